The number of methoxy groups -OCH3 is 1. The fraction of sp³-hybridized carbons (Fsp3) is 0.0909. The molecule has 0 saturated carbocycles. The van der Waals surface area contributed by atoms with Gasteiger partial charge in [-0.3, -0.25) is 4.79 Å². The first-order chi connectivity index (χ1) is 7.72. The molecule has 0 atom stereocenters. The lowest BCUT2D eigenvalue weighted by atomic mass is 10.1. The van der Waals surface area contributed by atoms with Crippen molar-refractivity contribution in [1.82, 2.24) is 9.97 Å². The number of hydrogen-bond acceptors (Lipinski definition) is 3. The van der Waals surface area contributed by atoms with Gasteiger partial charge in [0.25, 0.3) is 5.56 Å². The van der Waals surface area contributed by atoms with Crippen molar-refractivity contribution in [3.05, 3.63) is 46.1 Å². The first-order valence-electron chi connectivity index (χ1n) is 4.59. The summed E-state index contributed by atoms with van der Waals surface area (Å²) in [5.41, 5.74) is 0.856. The van der Waals surface area contributed by atoms with Crippen molar-refractivity contribution in [2.24, 2.45) is 0 Å². The molecule has 1 heterocycles. The molecule has 4 nitrogen and oxygen atoms in total. The van der Waals surface area contributed by atoms with Crippen LogP contribution in [0, 0.1) is 0 Å². The van der Waals surface area contributed by atoms with Crippen LogP contribution < -0.4 is 10.3 Å². The van der Waals surface area contributed by atoms with Crippen LogP contribution in [0.2, 0.25) is 5.02 Å². The van der Waals surface area contributed by atoms with E-state index in [0.717, 1.165) is 0 Å². The summed E-state index contributed by atoms with van der Waals surface area (Å²) >= 11 is 6.05. The molecule has 1 aromatic heterocycles. The maximum atomic E-state index is 11.5. The van der Waals surface area contributed by atoms with Crippen LogP contribution in [0.1, 0.15) is 0 Å². The van der Waals surface area contributed by atoms with E-state index in [4.69, 9.17) is 16.3 Å². The number of H-pyrrole nitrogens is 1. The molecule has 0 aliphatic carbocycles. The highest BCUT2D eigenvalue weighted by atomic mass is 35.5. The minimum absolute atomic E-state index is 0.220. The number of halogens is 1. The van der Waals surface area contributed by atoms with E-state index >= 15 is 0 Å². The molecule has 1 N–H and O–H groups in total. The molecule has 16 heavy (non-hydrogen) atoms. The van der Waals surface area contributed by atoms with E-state index in [1.165, 1.54) is 12.5 Å². The molecular weight excluding hydrogens is 228 g/mol. The maximum absolute atomic E-state index is 11.5. The molecule has 0 aliphatic rings. The summed E-state index contributed by atoms with van der Waals surface area (Å²) in [7, 11) is 1.56. The minimum Gasteiger partial charge on any atom is -0.497 e. The van der Waals surface area contributed by atoms with Crippen LogP contribution >= 0.6 is 11.6 Å². The zero-order valence-corrected chi connectivity index (χ0v) is 9.28. The molecule has 0 radical (unpaired) electrons. The number of benzene rings is 1. The Balaban J connectivity index is 2.57. The Labute approximate surface area is 96.9 Å². The summed E-state index contributed by atoms with van der Waals surface area (Å²) in [5.74, 6) is 0.647. The van der Waals surface area contributed by atoms with Crippen LogP contribution in [0.3, 0.4) is 0 Å². The number of ether oxygens (including phenoxy) is 1. The third kappa shape index (κ3) is 1.92. The highest BCUT2D eigenvalue weighted by molar-refractivity contribution is 6.33. The van der Waals surface area contributed by atoms with Crippen molar-refractivity contribution in [3.8, 4) is 16.9 Å². The Morgan fingerprint density at radius 1 is 1.38 bits per heavy atom. The van der Waals surface area contributed by atoms with Gasteiger partial charge in [0.2, 0.25) is 0 Å². The van der Waals surface area contributed by atoms with E-state index < -0.39 is 0 Å². The van der Waals surface area contributed by atoms with E-state index in [1.807, 2.05) is 0 Å². The van der Waals surface area contributed by atoms with Gasteiger partial charge in [-0.2, -0.15) is 0 Å². The van der Waals surface area contributed by atoms with Gasteiger partial charge < -0.3 is 9.72 Å². The second-order valence-corrected chi connectivity index (χ2v) is 3.55. The van der Waals surface area contributed by atoms with Gasteiger partial charge in [-0.15, -0.1) is 0 Å². The fourth-order valence-electron chi connectivity index (χ4n) is 1.38. The highest BCUT2D eigenvalue weighted by Crippen LogP contribution is 2.28. The summed E-state index contributed by atoms with van der Waals surface area (Å²) < 4.78 is 5.03. The van der Waals surface area contributed by atoms with Gasteiger partial charge in [-0.25, -0.2) is 4.98 Å². The predicted molar refractivity (Wildman–Crippen MR) is 61.9 cm³/mol. The van der Waals surface area contributed by atoms with E-state index in [2.05, 4.69) is 9.97 Å². The third-order valence-corrected chi connectivity index (χ3v) is 2.50. The van der Waals surface area contributed by atoms with Crippen molar-refractivity contribution >= 4 is 11.6 Å². The Morgan fingerprint density at radius 2 is 2.19 bits per heavy atom. The van der Waals surface area contributed by atoms with E-state index in [1.54, 1.807) is 25.3 Å². The van der Waals surface area contributed by atoms with E-state index in [-0.39, 0.29) is 5.56 Å². The summed E-state index contributed by atoms with van der Waals surface area (Å²) in [5, 5.41) is 0.456. The molecule has 1 aromatic carbocycles. The lowest BCUT2D eigenvalue weighted by molar-refractivity contribution is 0.415. The molecule has 2 rings (SSSR count). The van der Waals surface area contributed by atoms with Crippen LogP contribution in [-0.2, 0) is 0 Å². The molecule has 82 valence electrons. The second-order valence-electron chi connectivity index (χ2n) is 3.14. The summed E-state index contributed by atoms with van der Waals surface area (Å²) in [6, 6.07) is 5.13. The van der Waals surface area contributed by atoms with Crippen LogP contribution in [0.5, 0.6) is 5.75 Å². The average molecular weight is 237 g/mol. The van der Waals surface area contributed by atoms with Crippen molar-refractivity contribution < 1.29 is 4.74 Å². The Hall–Kier alpha value is -1.81. The summed E-state index contributed by atoms with van der Waals surface area (Å²) in [6.07, 6.45) is 2.82. The predicted octanol–water partition coefficient (Wildman–Crippen LogP) is 2.10. The van der Waals surface area contributed by atoms with Crippen molar-refractivity contribution in [3.63, 3.8) is 0 Å². The normalized spacial score (nSPS) is 10.1. The molecular formula is C11H9ClN2O2. The Morgan fingerprint density at radius 3 is 2.81 bits per heavy atom. The summed E-state index contributed by atoms with van der Waals surface area (Å²) in [6.45, 7) is 0. The molecule has 0 amide bonds. The molecule has 0 fully saturated rings. The van der Waals surface area contributed by atoms with Crippen LogP contribution in [-0.4, -0.2) is 17.1 Å². The number of hydrogen-bond donors (Lipinski definition) is 1. The lowest BCUT2D eigenvalue weighted by Gasteiger charge is -2.05. The quantitative estimate of drug-likeness (QED) is 0.869. The first kappa shape index (κ1) is 10.7. The molecule has 0 bridgehead atoms. The zero-order valence-electron chi connectivity index (χ0n) is 8.53. The third-order valence-electron chi connectivity index (χ3n) is 2.18. The zero-order chi connectivity index (χ0) is 11.5. The molecule has 0 saturated heterocycles. The second kappa shape index (κ2) is 4.37. The van der Waals surface area contributed by atoms with Crippen LogP contribution in [0.15, 0.2) is 35.5 Å². The van der Waals surface area contributed by atoms with Crippen LogP contribution in [0.4, 0.5) is 0 Å². The maximum Gasteiger partial charge on any atom is 0.258 e. The number of nitrogens with zero attached hydrogens (tertiary/aromatic N) is 1. The van der Waals surface area contributed by atoms with Gasteiger partial charge in [-0.05, 0) is 18.2 Å². The standard InChI is InChI=1S/C11H9ClN2O2/c1-16-7-2-3-8(10(12)4-7)9-5-13-6-14-11(9)15/h2-6H,1H3,(H,13,14,15). The number of rotatable bonds is 2. The van der Waals surface area contributed by atoms with Gasteiger partial charge in [0, 0.05) is 11.8 Å². The average Bonchev–Trinajstić information content (AvgIpc) is 2.30. The van der Waals surface area contributed by atoms with E-state index in [0.29, 0.717) is 21.9 Å². The Kier molecular flexibility index (Phi) is 2.92. The summed E-state index contributed by atoms with van der Waals surface area (Å²) in [4.78, 5) is 17.9. The van der Waals surface area contributed by atoms with Crippen molar-refractivity contribution in [2.75, 3.05) is 7.11 Å². The van der Waals surface area contributed by atoms with Gasteiger partial charge in [-0.1, -0.05) is 11.6 Å². The molecule has 0 spiro atoms. The molecule has 0 aliphatic heterocycles. The number of aromatic nitrogens is 2. The van der Waals surface area contributed by atoms with Gasteiger partial charge in [0.05, 0.1) is 24.0 Å². The van der Waals surface area contributed by atoms with Crippen molar-refractivity contribution in [1.29, 1.82) is 0 Å². The monoisotopic (exact) mass is 236 g/mol. The fourth-order valence-corrected chi connectivity index (χ4v) is 1.65. The molecule has 2 aromatic rings. The minimum atomic E-state index is -0.220. The van der Waals surface area contributed by atoms with Gasteiger partial charge >= 0.3 is 0 Å². The van der Waals surface area contributed by atoms with Crippen molar-refractivity contribution in [2.45, 2.75) is 0 Å². The lowest BCUT2D eigenvalue weighted by Crippen LogP contribution is -2.08. The largest absolute Gasteiger partial charge is 0.497 e. The van der Waals surface area contributed by atoms with Crippen LogP contribution in [0.25, 0.3) is 11.1 Å². The van der Waals surface area contributed by atoms with E-state index in [9.17, 15) is 4.79 Å². The van der Waals surface area contributed by atoms with Gasteiger partial charge in [0.1, 0.15) is 5.75 Å². The number of aromatic amines is 1. The number of nitrogens with one attached hydrogen (secondary N) is 1. The molecule has 0 unspecified atom stereocenters. The SMILES string of the molecule is COc1ccc(-c2cnc[nH]c2=O)c(Cl)c1. The molecule has 5 heteroatoms. The topological polar surface area (TPSA) is 55.0 Å². The highest BCUT2D eigenvalue weighted by Gasteiger charge is 2.08. The van der Waals surface area contributed by atoms with Gasteiger partial charge in [0.15, 0.2) is 0 Å². The smallest absolute Gasteiger partial charge is 0.258 e. The Bertz CT molecular complexity index is 566. The first-order valence-corrected chi connectivity index (χ1v) is 4.97.